The number of carbonyl (C=O) groups is 1. The van der Waals surface area contributed by atoms with Gasteiger partial charge in [0.15, 0.2) is 0 Å². The molecule has 10 nitrogen and oxygen atoms in total. The van der Waals surface area contributed by atoms with Crippen LogP contribution in [-0.2, 0) is 11.2 Å². The number of ether oxygens (including phenoxy) is 1. The van der Waals surface area contributed by atoms with Gasteiger partial charge in [-0.3, -0.25) is 25.0 Å². The van der Waals surface area contributed by atoms with Crippen molar-refractivity contribution in [3.05, 3.63) is 73.8 Å². The van der Waals surface area contributed by atoms with E-state index in [2.05, 4.69) is 10.5 Å². The number of nitrogens with zero attached hydrogens (tertiary/aromatic N) is 3. The summed E-state index contributed by atoms with van der Waals surface area (Å²) in [5, 5.41) is 25.6. The number of non-ortho nitro benzene ring substituents is 1. The zero-order valence-corrected chi connectivity index (χ0v) is 13.6. The summed E-state index contributed by atoms with van der Waals surface area (Å²) < 4.78 is 5.14. The molecule has 0 saturated carbocycles. The van der Waals surface area contributed by atoms with Crippen LogP contribution in [0, 0.1) is 20.2 Å². The Morgan fingerprint density at radius 3 is 2.58 bits per heavy atom. The van der Waals surface area contributed by atoms with Crippen molar-refractivity contribution in [3.8, 4) is 5.75 Å². The summed E-state index contributed by atoms with van der Waals surface area (Å²) in [6, 6.07) is 10.1. The summed E-state index contributed by atoms with van der Waals surface area (Å²) >= 11 is 0. The summed E-state index contributed by atoms with van der Waals surface area (Å²) in [7, 11) is 1.50. The Bertz CT molecular complexity index is 881. The second kappa shape index (κ2) is 8.33. The molecule has 0 spiro atoms. The minimum atomic E-state index is -0.770. The number of methoxy groups -OCH3 is 1. The Labute approximate surface area is 147 Å². The summed E-state index contributed by atoms with van der Waals surface area (Å²) in [6.45, 7) is 0. The average Bonchev–Trinajstić information content (AvgIpc) is 2.62. The quantitative estimate of drug-likeness (QED) is 0.457. The molecule has 0 radical (unpaired) electrons. The van der Waals surface area contributed by atoms with Gasteiger partial charge in [0.2, 0.25) is 5.91 Å². The molecule has 2 rings (SSSR count). The van der Waals surface area contributed by atoms with E-state index in [1.165, 1.54) is 19.4 Å². The van der Waals surface area contributed by atoms with Gasteiger partial charge in [0, 0.05) is 17.2 Å². The maximum Gasteiger partial charge on any atom is 0.279 e. The first-order chi connectivity index (χ1) is 12.4. The van der Waals surface area contributed by atoms with E-state index >= 15 is 0 Å². The van der Waals surface area contributed by atoms with E-state index in [1.54, 1.807) is 24.3 Å². The van der Waals surface area contributed by atoms with Crippen molar-refractivity contribution < 1.29 is 19.4 Å². The van der Waals surface area contributed by atoms with Gasteiger partial charge >= 0.3 is 0 Å². The molecule has 0 aliphatic carbocycles. The highest BCUT2D eigenvalue weighted by Gasteiger charge is 2.20. The molecule has 0 saturated heterocycles. The van der Waals surface area contributed by atoms with E-state index in [1.807, 2.05) is 0 Å². The lowest BCUT2D eigenvalue weighted by Crippen LogP contribution is -2.20. The van der Waals surface area contributed by atoms with Crippen LogP contribution >= 0.6 is 0 Å². The van der Waals surface area contributed by atoms with Crippen LogP contribution < -0.4 is 10.2 Å². The third-order valence-electron chi connectivity index (χ3n) is 3.36. The number of benzene rings is 2. The summed E-state index contributed by atoms with van der Waals surface area (Å²) in [5.41, 5.74) is 2.02. The lowest BCUT2D eigenvalue weighted by atomic mass is 10.1. The molecule has 1 amide bonds. The molecule has 0 bridgehead atoms. The molecule has 0 aliphatic heterocycles. The summed E-state index contributed by atoms with van der Waals surface area (Å²) in [5.74, 6) is -0.0374. The fraction of sp³-hybridized carbons (Fsp3) is 0.125. The number of carbonyl (C=O) groups excluding carboxylic acids is 1. The minimum Gasteiger partial charge on any atom is -0.496 e. The van der Waals surface area contributed by atoms with Crippen LogP contribution in [0.1, 0.15) is 11.1 Å². The number of nitro groups is 2. The molecular formula is C16H14N4O6. The van der Waals surface area contributed by atoms with Gasteiger partial charge in [-0.25, -0.2) is 5.43 Å². The van der Waals surface area contributed by atoms with Gasteiger partial charge in [-0.05, 0) is 18.2 Å². The Morgan fingerprint density at radius 2 is 1.92 bits per heavy atom. The monoisotopic (exact) mass is 358 g/mol. The molecule has 2 aromatic rings. The lowest BCUT2D eigenvalue weighted by Gasteiger charge is -2.04. The van der Waals surface area contributed by atoms with Crippen LogP contribution in [0.3, 0.4) is 0 Å². The number of rotatable bonds is 7. The van der Waals surface area contributed by atoms with Crippen LogP contribution in [0.2, 0.25) is 0 Å². The van der Waals surface area contributed by atoms with Crippen molar-refractivity contribution in [1.82, 2.24) is 5.43 Å². The zero-order valence-electron chi connectivity index (χ0n) is 13.6. The average molecular weight is 358 g/mol. The Kier molecular flexibility index (Phi) is 5.93. The highest BCUT2D eigenvalue weighted by Crippen LogP contribution is 2.25. The number of nitrogens with one attached hydrogen (secondary N) is 1. The van der Waals surface area contributed by atoms with Gasteiger partial charge in [-0.1, -0.05) is 12.1 Å². The van der Waals surface area contributed by atoms with Crippen molar-refractivity contribution in [1.29, 1.82) is 0 Å². The molecule has 0 fully saturated rings. The normalized spacial score (nSPS) is 10.5. The number of hydrogen-bond donors (Lipinski definition) is 1. The van der Waals surface area contributed by atoms with Crippen LogP contribution in [0.5, 0.6) is 5.75 Å². The first-order valence-electron chi connectivity index (χ1n) is 7.29. The predicted molar refractivity (Wildman–Crippen MR) is 92.2 cm³/mol. The third-order valence-corrected chi connectivity index (χ3v) is 3.36. The predicted octanol–water partition coefficient (Wildman–Crippen LogP) is 2.20. The molecular weight excluding hydrogens is 344 g/mol. The highest BCUT2D eigenvalue weighted by atomic mass is 16.6. The molecule has 0 aliphatic rings. The van der Waals surface area contributed by atoms with Crippen LogP contribution in [-0.4, -0.2) is 29.1 Å². The molecule has 0 unspecified atom stereocenters. The van der Waals surface area contributed by atoms with Gasteiger partial charge in [0.1, 0.15) is 5.75 Å². The SMILES string of the molecule is COc1ccccc1C=NNC(=O)Cc1ccc([N+](=O)[O-])cc1[N+](=O)[O-]. The number of nitro benzene ring substituents is 2. The molecule has 0 atom stereocenters. The molecule has 2 aromatic carbocycles. The first kappa shape index (κ1) is 18.5. The van der Waals surface area contributed by atoms with Crippen molar-refractivity contribution in [2.45, 2.75) is 6.42 Å². The lowest BCUT2D eigenvalue weighted by molar-refractivity contribution is -0.394. The van der Waals surface area contributed by atoms with Crippen molar-refractivity contribution in [2.75, 3.05) is 7.11 Å². The second-order valence-electron chi connectivity index (χ2n) is 5.04. The van der Waals surface area contributed by atoms with Gasteiger partial charge in [-0.2, -0.15) is 5.10 Å². The second-order valence-corrected chi connectivity index (χ2v) is 5.04. The van der Waals surface area contributed by atoms with E-state index < -0.39 is 27.1 Å². The molecule has 1 N–H and O–H groups in total. The van der Waals surface area contributed by atoms with Crippen molar-refractivity contribution >= 4 is 23.5 Å². The molecule has 0 heterocycles. The molecule has 134 valence electrons. The van der Waals surface area contributed by atoms with Crippen molar-refractivity contribution in [2.24, 2.45) is 5.10 Å². The first-order valence-corrected chi connectivity index (χ1v) is 7.29. The number of hydrogen-bond acceptors (Lipinski definition) is 7. The zero-order chi connectivity index (χ0) is 19.1. The number of hydrazone groups is 1. The standard InChI is InChI=1S/C16H14N4O6/c1-26-15-5-3-2-4-12(15)10-17-18-16(21)8-11-6-7-13(19(22)23)9-14(11)20(24)25/h2-7,9-10H,8H2,1H3,(H,18,21). The molecule has 0 aromatic heterocycles. The van der Waals surface area contributed by atoms with E-state index in [9.17, 15) is 25.0 Å². The van der Waals surface area contributed by atoms with E-state index in [0.717, 1.165) is 12.1 Å². The maximum absolute atomic E-state index is 11.9. The van der Waals surface area contributed by atoms with Crippen LogP contribution in [0.15, 0.2) is 47.6 Å². The largest absolute Gasteiger partial charge is 0.496 e. The van der Waals surface area contributed by atoms with E-state index in [4.69, 9.17) is 4.74 Å². The Balaban J connectivity index is 2.09. The van der Waals surface area contributed by atoms with Crippen LogP contribution in [0.4, 0.5) is 11.4 Å². The maximum atomic E-state index is 11.9. The van der Waals surface area contributed by atoms with Gasteiger partial charge < -0.3 is 4.74 Å². The fourth-order valence-corrected chi connectivity index (χ4v) is 2.14. The third kappa shape index (κ3) is 4.60. The number of amides is 1. The topological polar surface area (TPSA) is 137 Å². The molecule has 26 heavy (non-hydrogen) atoms. The van der Waals surface area contributed by atoms with E-state index in [-0.39, 0.29) is 12.0 Å². The van der Waals surface area contributed by atoms with Gasteiger partial charge in [0.05, 0.1) is 35.7 Å². The molecule has 10 heteroatoms. The van der Waals surface area contributed by atoms with Gasteiger partial charge in [-0.15, -0.1) is 0 Å². The summed E-state index contributed by atoms with van der Waals surface area (Å²) in [6.07, 6.45) is 1.03. The Hall–Kier alpha value is -3.82. The van der Waals surface area contributed by atoms with E-state index in [0.29, 0.717) is 11.3 Å². The highest BCUT2D eigenvalue weighted by molar-refractivity contribution is 5.86. The van der Waals surface area contributed by atoms with Crippen LogP contribution in [0.25, 0.3) is 0 Å². The number of para-hydroxylation sites is 1. The Morgan fingerprint density at radius 1 is 1.19 bits per heavy atom. The fourth-order valence-electron chi connectivity index (χ4n) is 2.14. The van der Waals surface area contributed by atoms with Gasteiger partial charge in [0.25, 0.3) is 11.4 Å². The van der Waals surface area contributed by atoms with Crippen molar-refractivity contribution in [3.63, 3.8) is 0 Å². The smallest absolute Gasteiger partial charge is 0.279 e. The summed E-state index contributed by atoms with van der Waals surface area (Å²) in [4.78, 5) is 32.2. The minimum absolute atomic E-state index is 0.0468.